The van der Waals surface area contributed by atoms with Crippen molar-refractivity contribution in [2.24, 2.45) is 5.92 Å². The van der Waals surface area contributed by atoms with Gasteiger partial charge in [0.05, 0.1) is 0 Å². The van der Waals surface area contributed by atoms with E-state index >= 15 is 0 Å². The minimum absolute atomic E-state index is 0.0159. The standard InChI is InChI=1S/C13H20N2O2/c1-10(9-16)8-15-13(17)7-4-11-2-5-12(14)6-3-11/h2-3,5-6,10,16H,4,7-9,14H2,1H3,(H,15,17). The predicted molar refractivity (Wildman–Crippen MR) is 68.4 cm³/mol. The first-order valence-corrected chi connectivity index (χ1v) is 5.83. The summed E-state index contributed by atoms with van der Waals surface area (Å²) in [6.07, 6.45) is 1.17. The van der Waals surface area contributed by atoms with Crippen molar-refractivity contribution in [2.45, 2.75) is 19.8 Å². The fraction of sp³-hybridized carbons (Fsp3) is 0.462. The van der Waals surface area contributed by atoms with Crippen LogP contribution in [0.1, 0.15) is 18.9 Å². The van der Waals surface area contributed by atoms with Crippen LogP contribution in [0.25, 0.3) is 0 Å². The molecule has 1 aromatic carbocycles. The molecular formula is C13H20N2O2. The Kier molecular flexibility index (Phi) is 5.49. The van der Waals surface area contributed by atoms with Crippen LogP contribution < -0.4 is 11.1 Å². The highest BCUT2D eigenvalue weighted by Gasteiger charge is 2.04. The summed E-state index contributed by atoms with van der Waals surface area (Å²) >= 11 is 0. The van der Waals surface area contributed by atoms with Crippen LogP contribution >= 0.6 is 0 Å². The Balaban J connectivity index is 2.26. The maximum Gasteiger partial charge on any atom is 0.220 e. The number of carbonyl (C=O) groups is 1. The number of amides is 1. The highest BCUT2D eigenvalue weighted by molar-refractivity contribution is 5.76. The van der Waals surface area contributed by atoms with E-state index in [1.807, 2.05) is 31.2 Å². The van der Waals surface area contributed by atoms with Gasteiger partial charge in [0.15, 0.2) is 0 Å². The average Bonchev–Trinajstić information content (AvgIpc) is 2.35. The second kappa shape index (κ2) is 6.91. The Morgan fingerprint density at radius 3 is 2.65 bits per heavy atom. The van der Waals surface area contributed by atoms with Gasteiger partial charge in [0, 0.05) is 25.3 Å². The Hall–Kier alpha value is -1.55. The number of aliphatic hydroxyl groups is 1. The van der Waals surface area contributed by atoms with Gasteiger partial charge >= 0.3 is 0 Å². The summed E-state index contributed by atoms with van der Waals surface area (Å²) in [6, 6.07) is 7.53. The molecule has 1 amide bonds. The van der Waals surface area contributed by atoms with Gasteiger partial charge in [-0.25, -0.2) is 0 Å². The van der Waals surface area contributed by atoms with Crippen LogP contribution in [0.2, 0.25) is 0 Å². The van der Waals surface area contributed by atoms with Crippen LogP contribution in [-0.4, -0.2) is 24.2 Å². The van der Waals surface area contributed by atoms with Crippen molar-refractivity contribution in [3.8, 4) is 0 Å². The number of aryl methyl sites for hydroxylation is 1. The zero-order valence-electron chi connectivity index (χ0n) is 10.1. The molecule has 4 heteroatoms. The summed E-state index contributed by atoms with van der Waals surface area (Å²) in [5.74, 6) is 0.123. The van der Waals surface area contributed by atoms with Crippen molar-refractivity contribution < 1.29 is 9.90 Å². The number of nitrogens with one attached hydrogen (secondary N) is 1. The number of nitrogens with two attached hydrogens (primary N) is 1. The normalized spacial score (nSPS) is 12.1. The van der Waals surface area contributed by atoms with Crippen LogP contribution in [0, 0.1) is 5.92 Å². The number of carbonyl (C=O) groups excluding carboxylic acids is 1. The molecule has 0 heterocycles. The van der Waals surface area contributed by atoms with Crippen molar-refractivity contribution >= 4 is 11.6 Å². The summed E-state index contributed by atoms with van der Waals surface area (Å²) in [5.41, 5.74) is 7.41. The quantitative estimate of drug-likeness (QED) is 0.644. The smallest absolute Gasteiger partial charge is 0.220 e. The molecule has 94 valence electrons. The Bertz CT molecular complexity index is 349. The molecule has 0 radical (unpaired) electrons. The maximum absolute atomic E-state index is 11.5. The SMILES string of the molecule is CC(CO)CNC(=O)CCc1ccc(N)cc1. The fourth-order valence-corrected chi connectivity index (χ4v) is 1.38. The third kappa shape index (κ3) is 5.36. The molecule has 1 atom stereocenters. The van der Waals surface area contributed by atoms with E-state index in [1.54, 1.807) is 0 Å². The molecule has 0 aliphatic heterocycles. The Labute approximate surface area is 102 Å². The van der Waals surface area contributed by atoms with E-state index < -0.39 is 0 Å². The van der Waals surface area contributed by atoms with Gasteiger partial charge in [-0.3, -0.25) is 4.79 Å². The van der Waals surface area contributed by atoms with Gasteiger partial charge in [-0.15, -0.1) is 0 Å². The second-order valence-electron chi connectivity index (χ2n) is 4.33. The van der Waals surface area contributed by atoms with Crippen LogP contribution in [0.3, 0.4) is 0 Å². The number of aliphatic hydroxyl groups excluding tert-OH is 1. The predicted octanol–water partition coefficient (Wildman–Crippen LogP) is 0.946. The Morgan fingerprint density at radius 1 is 1.41 bits per heavy atom. The largest absolute Gasteiger partial charge is 0.399 e. The third-order valence-electron chi connectivity index (χ3n) is 2.58. The van der Waals surface area contributed by atoms with E-state index in [0.717, 1.165) is 11.3 Å². The summed E-state index contributed by atoms with van der Waals surface area (Å²) in [5, 5.41) is 11.6. The molecule has 4 N–H and O–H groups in total. The van der Waals surface area contributed by atoms with E-state index in [-0.39, 0.29) is 18.4 Å². The molecule has 1 rings (SSSR count). The molecule has 1 unspecified atom stereocenters. The van der Waals surface area contributed by atoms with Crippen LogP contribution in [0.5, 0.6) is 0 Å². The minimum atomic E-state index is 0.0159. The van der Waals surface area contributed by atoms with Gasteiger partial charge in [0.1, 0.15) is 0 Å². The number of hydrogen-bond donors (Lipinski definition) is 3. The zero-order valence-corrected chi connectivity index (χ0v) is 10.1. The molecule has 4 nitrogen and oxygen atoms in total. The van der Waals surface area contributed by atoms with Crippen LogP contribution in [-0.2, 0) is 11.2 Å². The molecule has 0 aromatic heterocycles. The summed E-state index contributed by atoms with van der Waals surface area (Å²) in [4.78, 5) is 11.5. The average molecular weight is 236 g/mol. The lowest BCUT2D eigenvalue weighted by atomic mass is 10.1. The van der Waals surface area contributed by atoms with Crippen molar-refractivity contribution in [3.05, 3.63) is 29.8 Å². The van der Waals surface area contributed by atoms with Crippen molar-refractivity contribution in [1.29, 1.82) is 0 Å². The topological polar surface area (TPSA) is 75.3 Å². The maximum atomic E-state index is 11.5. The first kappa shape index (κ1) is 13.5. The molecule has 17 heavy (non-hydrogen) atoms. The second-order valence-corrected chi connectivity index (χ2v) is 4.33. The number of nitrogen functional groups attached to an aromatic ring is 1. The number of anilines is 1. The molecule has 0 spiro atoms. The van der Waals surface area contributed by atoms with Gasteiger partial charge in [0.25, 0.3) is 0 Å². The molecule has 0 aliphatic rings. The van der Waals surface area contributed by atoms with Crippen molar-refractivity contribution in [1.82, 2.24) is 5.32 Å². The summed E-state index contributed by atoms with van der Waals surface area (Å²) in [7, 11) is 0. The first-order chi connectivity index (χ1) is 8.11. The summed E-state index contributed by atoms with van der Waals surface area (Å²) < 4.78 is 0. The first-order valence-electron chi connectivity index (χ1n) is 5.83. The lowest BCUT2D eigenvalue weighted by Gasteiger charge is -2.09. The highest BCUT2D eigenvalue weighted by Crippen LogP contribution is 2.07. The van der Waals surface area contributed by atoms with E-state index in [1.165, 1.54) is 0 Å². The number of benzene rings is 1. The molecule has 0 aliphatic carbocycles. The molecule has 1 aromatic rings. The van der Waals surface area contributed by atoms with E-state index in [9.17, 15) is 4.79 Å². The van der Waals surface area contributed by atoms with E-state index in [2.05, 4.69) is 5.32 Å². The van der Waals surface area contributed by atoms with E-state index in [4.69, 9.17) is 10.8 Å². The third-order valence-corrected chi connectivity index (χ3v) is 2.58. The van der Waals surface area contributed by atoms with Gasteiger partial charge < -0.3 is 16.2 Å². The van der Waals surface area contributed by atoms with Crippen LogP contribution in [0.4, 0.5) is 5.69 Å². The summed E-state index contributed by atoms with van der Waals surface area (Å²) in [6.45, 7) is 2.51. The van der Waals surface area contributed by atoms with Crippen molar-refractivity contribution in [3.63, 3.8) is 0 Å². The van der Waals surface area contributed by atoms with E-state index in [0.29, 0.717) is 19.4 Å². The number of rotatable bonds is 6. The fourth-order valence-electron chi connectivity index (χ4n) is 1.38. The van der Waals surface area contributed by atoms with Gasteiger partial charge in [0.2, 0.25) is 5.91 Å². The van der Waals surface area contributed by atoms with Gasteiger partial charge in [-0.1, -0.05) is 19.1 Å². The molecule has 0 saturated heterocycles. The monoisotopic (exact) mass is 236 g/mol. The molecule has 0 bridgehead atoms. The number of hydrogen-bond acceptors (Lipinski definition) is 3. The minimum Gasteiger partial charge on any atom is -0.399 e. The molecular weight excluding hydrogens is 216 g/mol. The Morgan fingerprint density at radius 2 is 2.06 bits per heavy atom. The van der Waals surface area contributed by atoms with Gasteiger partial charge in [-0.05, 0) is 30.0 Å². The molecule has 0 saturated carbocycles. The lowest BCUT2D eigenvalue weighted by molar-refractivity contribution is -0.121. The van der Waals surface area contributed by atoms with Crippen molar-refractivity contribution in [2.75, 3.05) is 18.9 Å². The molecule has 0 fully saturated rings. The highest BCUT2D eigenvalue weighted by atomic mass is 16.3. The zero-order chi connectivity index (χ0) is 12.7. The van der Waals surface area contributed by atoms with Crippen LogP contribution in [0.15, 0.2) is 24.3 Å². The van der Waals surface area contributed by atoms with Gasteiger partial charge in [-0.2, -0.15) is 0 Å². The lowest BCUT2D eigenvalue weighted by Crippen LogP contribution is -2.29.